The van der Waals surface area contributed by atoms with E-state index in [-0.39, 0.29) is 12.4 Å². The van der Waals surface area contributed by atoms with Crippen molar-refractivity contribution in [1.82, 2.24) is 5.32 Å². The lowest BCUT2D eigenvalue weighted by atomic mass is 10.1. The molecule has 0 radical (unpaired) electrons. The summed E-state index contributed by atoms with van der Waals surface area (Å²) in [5.74, 6) is 0.903. The molecule has 0 atom stereocenters. The second kappa shape index (κ2) is 7.69. The van der Waals surface area contributed by atoms with E-state index in [1.165, 1.54) is 18.4 Å². The number of nitrogens with one attached hydrogen (secondary N) is 1. The van der Waals surface area contributed by atoms with Gasteiger partial charge in [0, 0.05) is 32.7 Å². The van der Waals surface area contributed by atoms with Gasteiger partial charge in [0.2, 0.25) is 0 Å². The summed E-state index contributed by atoms with van der Waals surface area (Å²) in [6.07, 6.45) is 5.19. The molecule has 0 spiro atoms. The highest BCUT2D eigenvalue weighted by Crippen LogP contribution is 2.29. The van der Waals surface area contributed by atoms with Crippen molar-refractivity contribution in [3.05, 3.63) is 30.0 Å². The molecule has 0 amide bonds. The zero-order chi connectivity index (χ0) is 13.8. The van der Waals surface area contributed by atoms with E-state index in [1.807, 2.05) is 6.07 Å². The fraction of sp³-hybridized carbons (Fsp3) is 0.500. The van der Waals surface area contributed by atoms with Gasteiger partial charge in [-0.05, 0) is 36.6 Å². The van der Waals surface area contributed by atoms with Gasteiger partial charge in [-0.1, -0.05) is 0 Å². The average molecular weight is 312 g/mol. The molecule has 116 valence electrons. The van der Waals surface area contributed by atoms with Crippen LogP contribution >= 0.6 is 12.4 Å². The highest BCUT2D eigenvalue weighted by Gasteiger charge is 2.20. The van der Waals surface area contributed by atoms with Crippen molar-refractivity contribution in [2.45, 2.75) is 31.8 Å². The summed E-state index contributed by atoms with van der Waals surface area (Å²) in [7, 11) is 1.71. The Balaban J connectivity index is 0.00000161. The molecule has 1 heterocycles. The third-order valence-electron chi connectivity index (χ3n) is 3.52. The molecule has 2 aromatic rings. The van der Waals surface area contributed by atoms with Gasteiger partial charge in [0.25, 0.3) is 0 Å². The van der Waals surface area contributed by atoms with Gasteiger partial charge in [-0.15, -0.1) is 12.4 Å². The molecule has 1 N–H and O–H groups in total. The molecule has 21 heavy (non-hydrogen) atoms. The van der Waals surface area contributed by atoms with Gasteiger partial charge in [0.15, 0.2) is 0 Å². The van der Waals surface area contributed by atoms with Crippen LogP contribution in [0.1, 0.15) is 24.8 Å². The van der Waals surface area contributed by atoms with Crippen molar-refractivity contribution in [3.8, 4) is 5.75 Å². The Morgan fingerprint density at radius 1 is 1.29 bits per heavy atom. The van der Waals surface area contributed by atoms with Crippen LogP contribution in [0, 0.1) is 0 Å². The lowest BCUT2D eigenvalue weighted by molar-refractivity contribution is 0.172. The minimum Gasteiger partial charge on any atom is -0.493 e. The standard InChI is InChI=1S/C16H21NO3.ClH/c1-18-6-2-7-19-15-9-12(11-17-13-3-4-13)10-16-14(15)5-8-20-16;/h5,8-10,13,17H,2-4,6-7,11H2,1H3;1H. The first-order valence-electron chi connectivity index (χ1n) is 7.22. The number of rotatable bonds is 8. The molecule has 1 aromatic heterocycles. The fourth-order valence-electron chi connectivity index (χ4n) is 2.25. The topological polar surface area (TPSA) is 43.6 Å². The summed E-state index contributed by atoms with van der Waals surface area (Å²) in [5, 5.41) is 4.56. The predicted octanol–water partition coefficient (Wildman–Crippen LogP) is 3.52. The average Bonchev–Trinajstić information content (AvgIpc) is 3.17. The van der Waals surface area contributed by atoms with Crippen molar-refractivity contribution >= 4 is 23.4 Å². The zero-order valence-corrected chi connectivity index (χ0v) is 13.1. The predicted molar refractivity (Wildman–Crippen MR) is 85.3 cm³/mol. The van der Waals surface area contributed by atoms with E-state index in [2.05, 4.69) is 17.4 Å². The first-order chi connectivity index (χ1) is 9.86. The van der Waals surface area contributed by atoms with Crippen molar-refractivity contribution < 1.29 is 13.9 Å². The van der Waals surface area contributed by atoms with Gasteiger partial charge in [0.05, 0.1) is 18.3 Å². The molecule has 0 saturated heterocycles. The van der Waals surface area contributed by atoms with E-state index in [9.17, 15) is 0 Å². The summed E-state index contributed by atoms with van der Waals surface area (Å²) in [6, 6.07) is 6.86. The van der Waals surface area contributed by atoms with Gasteiger partial charge >= 0.3 is 0 Å². The first-order valence-corrected chi connectivity index (χ1v) is 7.22. The lowest BCUT2D eigenvalue weighted by Crippen LogP contribution is -2.15. The molecule has 0 unspecified atom stereocenters. The smallest absolute Gasteiger partial charge is 0.137 e. The Labute approximate surface area is 131 Å². The highest BCUT2D eigenvalue weighted by molar-refractivity contribution is 5.85. The third kappa shape index (κ3) is 4.37. The fourth-order valence-corrected chi connectivity index (χ4v) is 2.25. The molecule has 0 bridgehead atoms. The molecular weight excluding hydrogens is 290 g/mol. The minimum atomic E-state index is 0. The van der Waals surface area contributed by atoms with Crippen molar-refractivity contribution in [2.75, 3.05) is 20.3 Å². The highest BCUT2D eigenvalue weighted by atomic mass is 35.5. The number of hydrogen-bond acceptors (Lipinski definition) is 4. The van der Waals surface area contributed by atoms with E-state index < -0.39 is 0 Å². The maximum Gasteiger partial charge on any atom is 0.137 e. The van der Waals surface area contributed by atoms with Gasteiger partial charge < -0.3 is 19.2 Å². The van der Waals surface area contributed by atoms with Gasteiger partial charge in [-0.3, -0.25) is 0 Å². The normalized spacial score (nSPS) is 14.1. The summed E-state index contributed by atoms with van der Waals surface area (Å²) < 4.78 is 16.4. The van der Waals surface area contributed by atoms with Crippen LogP contribution in [0.15, 0.2) is 28.9 Å². The Hall–Kier alpha value is -1.23. The third-order valence-corrected chi connectivity index (χ3v) is 3.52. The van der Waals surface area contributed by atoms with Gasteiger partial charge in [-0.2, -0.15) is 0 Å². The summed E-state index contributed by atoms with van der Waals surface area (Å²) in [5.41, 5.74) is 2.10. The molecule has 0 aliphatic heterocycles. The monoisotopic (exact) mass is 311 g/mol. The Bertz CT molecular complexity index is 566. The molecule has 1 aromatic carbocycles. The van der Waals surface area contributed by atoms with E-state index in [4.69, 9.17) is 13.9 Å². The van der Waals surface area contributed by atoms with Gasteiger partial charge in [-0.25, -0.2) is 0 Å². The van der Waals surface area contributed by atoms with Crippen molar-refractivity contribution in [3.63, 3.8) is 0 Å². The zero-order valence-electron chi connectivity index (χ0n) is 12.3. The molecule has 3 rings (SSSR count). The van der Waals surface area contributed by atoms with Crippen LogP contribution in [0.5, 0.6) is 5.75 Å². The SMILES string of the molecule is COCCCOc1cc(CNC2CC2)cc2occc12.Cl. The Kier molecular flexibility index (Phi) is 5.91. The van der Waals surface area contributed by atoms with Crippen LogP contribution in [0.3, 0.4) is 0 Å². The van der Waals surface area contributed by atoms with Crippen LogP contribution in [-0.4, -0.2) is 26.4 Å². The molecule has 1 aliphatic rings. The number of halogens is 1. The largest absolute Gasteiger partial charge is 0.493 e. The molecule has 4 nitrogen and oxygen atoms in total. The second-order valence-electron chi connectivity index (χ2n) is 5.28. The minimum absolute atomic E-state index is 0. The number of methoxy groups -OCH3 is 1. The molecular formula is C16H22ClNO3. The number of ether oxygens (including phenoxy) is 2. The summed E-state index contributed by atoms with van der Waals surface area (Å²) in [6.45, 7) is 2.25. The molecule has 1 fully saturated rings. The molecule has 1 saturated carbocycles. The lowest BCUT2D eigenvalue weighted by Gasteiger charge is -2.10. The number of hydrogen-bond donors (Lipinski definition) is 1. The van der Waals surface area contributed by atoms with Crippen LogP contribution < -0.4 is 10.1 Å². The van der Waals surface area contributed by atoms with Crippen molar-refractivity contribution in [1.29, 1.82) is 0 Å². The van der Waals surface area contributed by atoms with E-state index >= 15 is 0 Å². The number of fused-ring (bicyclic) bond motifs is 1. The van der Waals surface area contributed by atoms with Crippen LogP contribution in [-0.2, 0) is 11.3 Å². The maximum atomic E-state index is 5.88. The maximum absolute atomic E-state index is 5.88. The summed E-state index contributed by atoms with van der Waals surface area (Å²) >= 11 is 0. The van der Waals surface area contributed by atoms with Crippen LogP contribution in [0.2, 0.25) is 0 Å². The molecule has 5 heteroatoms. The first kappa shape index (κ1) is 16.1. The number of furan rings is 1. The van der Waals surface area contributed by atoms with E-state index in [1.54, 1.807) is 13.4 Å². The van der Waals surface area contributed by atoms with E-state index in [0.717, 1.165) is 36.3 Å². The van der Waals surface area contributed by atoms with Crippen LogP contribution in [0.4, 0.5) is 0 Å². The Morgan fingerprint density at radius 2 is 2.14 bits per heavy atom. The number of benzene rings is 1. The van der Waals surface area contributed by atoms with Gasteiger partial charge in [0.1, 0.15) is 11.3 Å². The quantitative estimate of drug-likeness (QED) is 0.758. The van der Waals surface area contributed by atoms with Crippen LogP contribution in [0.25, 0.3) is 11.0 Å². The van der Waals surface area contributed by atoms with Crippen molar-refractivity contribution in [2.24, 2.45) is 0 Å². The molecule has 1 aliphatic carbocycles. The summed E-state index contributed by atoms with van der Waals surface area (Å²) in [4.78, 5) is 0. The second-order valence-corrected chi connectivity index (χ2v) is 5.28. The van der Waals surface area contributed by atoms with E-state index in [0.29, 0.717) is 12.6 Å². The Morgan fingerprint density at radius 3 is 2.90 bits per heavy atom.